The molecule has 0 aliphatic carbocycles. The largest absolute Gasteiger partial charge is 0.481 e. The van der Waals surface area contributed by atoms with Crippen LogP contribution in [0.3, 0.4) is 0 Å². The van der Waals surface area contributed by atoms with Crippen LogP contribution >= 0.6 is 11.6 Å². The number of nitrogens with zero attached hydrogens (tertiary/aromatic N) is 1. The molecule has 0 aromatic heterocycles. The fourth-order valence-corrected chi connectivity index (χ4v) is 5.53. The number of carboxylic acids is 1. The number of rotatable bonds is 5. The molecular weight excluding hydrogens is 453 g/mol. The lowest BCUT2D eigenvalue weighted by Crippen LogP contribution is -2.53. The summed E-state index contributed by atoms with van der Waals surface area (Å²) in [6, 6.07) is 9.66. The molecule has 3 heterocycles. The number of benzene rings is 2. The summed E-state index contributed by atoms with van der Waals surface area (Å²) in [6.45, 7) is -0.0727. The van der Waals surface area contributed by atoms with Crippen molar-refractivity contribution < 1.29 is 28.7 Å². The van der Waals surface area contributed by atoms with Crippen molar-refractivity contribution in [2.75, 3.05) is 5.32 Å². The van der Waals surface area contributed by atoms with Crippen LogP contribution < -0.4 is 10.6 Å². The Bertz CT molecular complexity index is 1200. The summed E-state index contributed by atoms with van der Waals surface area (Å²) in [7, 11) is 0. The Morgan fingerprint density at radius 3 is 2.55 bits per heavy atom. The quantitative estimate of drug-likeness (QED) is 0.576. The van der Waals surface area contributed by atoms with Gasteiger partial charge in [-0.2, -0.15) is 0 Å². The van der Waals surface area contributed by atoms with Crippen LogP contribution in [0, 0.1) is 17.7 Å². The van der Waals surface area contributed by atoms with Gasteiger partial charge in [-0.1, -0.05) is 35.9 Å². The van der Waals surface area contributed by atoms with Gasteiger partial charge >= 0.3 is 5.97 Å². The highest BCUT2D eigenvalue weighted by molar-refractivity contribution is 6.35. The molecule has 5 rings (SSSR count). The highest BCUT2D eigenvalue weighted by Gasteiger charge is 2.70. The van der Waals surface area contributed by atoms with Crippen LogP contribution in [0.1, 0.15) is 24.0 Å². The lowest BCUT2D eigenvalue weighted by molar-refractivity contribution is -0.144. The molecule has 2 aromatic carbocycles. The molecule has 4 atom stereocenters. The summed E-state index contributed by atoms with van der Waals surface area (Å²) < 4.78 is 13.3. The van der Waals surface area contributed by atoms with Gasteiger partial charge in [0.05, 0.1) is 29.1 Å². The third-order valence-corrected chi connectivity index (χ3v) is 7.03. The number of likely N-dealkylation sites (tertiary alicyclic amines) is 1. The second-order valence-corrected chi connectivity index (χ2v) is 8.91. The number of fused-ring (bicyclic) bond motifs is 4. The first kappa shape index (κ1) is 21.5. The first-order chi connectivity index (χ1) is 15.7. The van der Waals surface area contributed by atoms with E-state index < -0.39 is 52.9 Å². The Morgan fingerprint density at radius 1 is 1.12 bits per heavy atom. The van der Waals surface area contributed by atoms with E-state index in [0.717, 1.165) is 4.90 Å². The number of carboxylic acid groups (broad SMARTS) is 1. The molecule has 1 spiro atoms. The zero-order valence-electron chi connectivity index (χ0n) is 17.2. The number of anilines is 1. The van der Waals surface area contributed by atoms with Crippen molar-refractivity contribution in [1.82, 2.24) is 10.2 Å². The highest BCUT2D eigenvalue weighted by Crippen LogP contribution is 2.54. The SMILES string of the molecule is O=C(O)CCC1NC2(C(=O)Nc3c(Cl)cccc32)[C@@H]2C(=O)N(Cc3ccc(F)cc3)C(=O)[C@H]12. The van der Waals surface area contributed by atoms with Gasteiger partial charge in [0, 0.05) is 18.0 Å². The van der Waals surface area contributed by atoms with Crippen LogP contribution in [0.4, 0.5) is 10.1 Å². The second kappa shape index (κ2) is 7.64. The maximum absolute atomic E-state index is 13.6. The summed E-state index contributed by atoms with van der Waals surface area (Å²) in [5.74, 6) is -5.02. The van der Waals surface area contributed by atoms with Crippen molar-refractivity contribution in [1.29, 1.82) is 0 Å². The molecule has 2 fully saturated rings. The molecule has 0 saturated carbocycles. The zero-order chi connectivity index (χ0) is 23.5. The molecule has 2 aromatic rings. The predicted octanol–water partition coefficient (Wildman–Crippen LogP) is 2.26. The van der Waals surface area contributed by atoms with Gasteiger partial charge in [-0.15, -0.1) is 0 Å². The third kappa shape index (κ3) is 3.14. The molecule has 3 aliphatic heterocycles. The van der Waals surface area contributed by atoms with Crippen molar-refractivity contribution in [3.05, 3.63) is 64.4 Å². The van der Waals surface area contributed by atoms with Gasteiger partial charge in [0.15, 0.2) is 0 Å². The molecule has 0 radical (unpaired) electrons. The van der Waals surface area contributed by atoms with Crippen LogP contribution in [-0.4, -0.2) is 39.7 Å². The molecule has 170 valence electrons. The van der Waals surface area contributed by atoms with E-state index >= 15 is 0 Å². The summed E-state index contributed by atoms with van der Waals surface area (Å²) in [4.78, 5) is 52.7. The standard InChI is InChI=1S/C23H19ClFN3O5/c24-14-3-1-2-13-19(14)26-22(33)23(13)18-17(15(27-23)8-9-16(29)30)20(31)28(21(18)32)10-11-4-6-12(25)7-5-11/h1-7,15,17-18,27H,8-10H2,(H,26,33)(H,29,30)/t15?,17-,18+,23?/m1/s1. The number of amides is 3. The average molecular weight is 472 g/mol. The molecule has 3 N–H and O–H groups in total. The molecule has 10 heteroatoms. The van der Waals surface area contributed by atoms with Crippen LogP contribution in [0.15, 0.2) is 42.5 Å². The normalized spacial score (nSPS) is 27.8. The first-order valence-electron chi connectivity index (χ1n) is 10.4. The summed E-state index contributed by atoms with van der Waals surface area (Å²) in [5, 5.41) is 15.4. The number of nitrogens with one attached hydrogen (secondary N) is 2. The molecule has 2 unspecified atom stereocenters. The maximum Gasteiger partial charge on any atom is 0.303 e. The summed E-state index contributed by atoms with van der Waals surface area (Å²) >= 11 is 6.28. The summed E-state index contributed by atoms with van der Waals surface area (Å²) in [6.07, 6.45) is -0.175. The zero-order valence-corrected chi connectivity index (χ0v) is 17.9. The topological polar surface area (TPSA) is 116 Å². The van der Waals surface area contributed by atoms with Gasteiger partial charge in [-0.25, -0.2) is 4.39 Å². The molecular formula is C23H19ClFN3O5. The number of hydrogen-bond acceptors (Lipinski definition) is 5. The Kier molecular flexibility index (Phi) is 4.98. The van der Waals surface area contributed by atoms with E-state index in [1.54, 1.807) is 18.2 Å². The van der Waals surface area contributed by atoms with Gasteiger partial charge in [0.25, 0.3) is 0 Å². The minimum absolute atomic E-state index is 0.0604. The van der Waals surface area contributed by atoms with Crippen molar-refractivity contribution in [3.63, 3.8) is 0 Å². The smallest absolute Gasteiger partial charge is 0.303 e. The minimum atomic E-state index is -1.54. The van der Waals surface area contributed by atoms with E-state index in [1.807, 2.05) is 0 Å². The Balaban J connectivity index is 1.58. The highest BCUT2D eigenvalue weighted by atomic mass is 35.5. The molecule has 3 amide bonds. The van der Waals surface area contributed by atoms with E-state index in [-0.39, 0.29) is 19.4 Å². The van der Waals surface area contributed by atoms with Crippen molar-refractivity contribution in [2.45, 2.75) is 31.0 Å². The fourth-order valence-electron chi connectivity index (χ4n) is 5.31. The van der Waals surface area contributed by atoms with Gasteiger partial charge in [-0.3, -0.25) is 29.4 Å². The van der Waals surface area contributed by atoms with Gasteiger partial charge in [-0.05, 0) is 30.2 Å². The van der Waals surface area contributed by atoms with E-state index in [1.165, 1.54) is 24.3 Å². The maximum atomic E-state index is 13.6. The van der Waals surface area contributed by atoms with E-state index in [9.17, 15) is 28.7 Å². The van der Waals surface area contributed by atoms with Crippen LogP contribution in [0.5, 0.6) is 0 Å². The van der Waals surface area contributed by atoms with Crippen LogP contribution in [-0.2, 0) is 31.3 Å². The number of halogens is 2. The van der Waals surface area contributed by atoms with Crippen LogP contribution in [0.2, 0.25) is 5.02 Å². The average Bonchev–Trinajstić information content (AvgIpc) is 3.35. The third-order valence-electron chi connectivity index (χ3n) is 6.71. The summed E-state index contributed by atoms with van der Waals surface area (Å²) in [5.41, 5.74) is -0.163. The van der Waals surface area contributed by atoms with Gasteiger partial charge in [0.2, 0.25) is 17.7 Å². The molecule has 33 heavy (non-hydrogen) atoms. The number of hydrogen-bond donors (Lipinski definition) is 3. The lowest BCUT2D eigenvalue weighted by Gasteiger charge is -2.29. The number of carbonyl (C=O) groups is 4. The number of aliphatic carboxylic acids is 1. The molecule has 0 bridgehead atoms. The Hall–Kier alpha value is -3.30. The molecule has 2 saturated heterocycles. The first-order valence-corrected chi connectivity index (χ1v) is 10.8. The number of carbonyl (C=O) groups excluding carboxylic acids is 3. The van der Waals surface area contributed by atoms with E-state index in [0.29, 0.717) is 21.8 Å². The lowest BCUT2D eigenvalue weighted by atomic mass is 9.76. The van der Waals surface area contributed by atoms with Gasteiger partial charge in [0.1, 0.15) is 11.4 Å². The molecule has 3 aliphatic rings. The van der Waals surface area contributed by atoms with E-state index in [4.69, 9.17) is 11.6 Å². The van der Waals surface area contributed by atoms with Crippen molar-refractivity contribution >= 4 is 41.0 Å². The molecule has 8 nitrogen and oxygen atoms in total. The van der Waals surface area contributed by atoms with Crippen molar-refractivity contribution in [3.8, 4) is 0 Å². The number of imide groups is 1. The monoisotopic (exact) mass is 471 g/mol. The Morgan fingerprint density at radius 2 is 1.85 bits per heavy atom. The second-order valence-electron chi connectivity index (χ2n) is 8.50. The Labute approximate surface area is 192 Å². The predicted molar refractivity (Wildman–Crippen MR) is 114 cm³/mol. The van der Waals surface area contributed by atoms with Gasteiger partial charge < -0.3 is 10.4 Å². The minimum Gasteiger partial charge on any atom is -0.481 e. The fraction of sp³-hybridized carbons (Fsp3) is 0.304. The van der Waals surface area contributed by atoms with Crippen molar-refractivity contribution in [2.24, 2.45) is 11.8 Å². The van der Waals surface area contributed by atoms with Crippen LogP contribution in [0.25, 0.3) is 0 Å². The van der Waals surface area contributed by atoms with E-state index in [2.05, 4.69) is 10.6 Å². The number of para-hydroxylation sites is 1.